The number of aromatic nitrogens is 4. The second-order valence-corrected chi connectivity index (χ2v) is 8.30. The Morgan fingerprint density at radius 1 is 1.00 bits per heavy atom. The molecule has 33 heavy (non-hydrogen) atoms. The van der Waals surface area contributed by atoms with Crippen molar-refractivity contribution in [2.45, 2.75) is 53.0 Å². The molecule has 0 aliphatic carbocycles. The van der Waals surface area contributed by atoms with E-state index in [0.717, 1.165) is 45.8 Å². The van der Waals surface area contributed by atoms with Crippen molar-refractivity contribution in [2.75, 3.05) is 6.61 Å². The van der Waals surface area contributed by atoms with Gasteiger partial charge in [-0.1, -0.05) is 31.2 Å². The summed E-state index contributed by atoms with van der Waals surface area (Å²) in [5.74, 6) is 0.762. The number of rotatable bonds is 8. The number of benzene rings is 1. The maximum atomic E-state index is 12.3. The third kappa shape index (κ3) is 4.95. The zero-order valence-corrected chi connectivity index (χ0v) is 19.7. The lowest BCUT2D eigenvalue weighted by molar-refractivity contribution is -0.143. The number of fused-ring (bicyclic) bond motifs is 1. The lowest BCUT2D eigenvalue weighted by atomic mass is 9.88. The third-order valence-electron chi connectivity index (χ3n) is 5.92. The molecule has 6 heteroatoms. The number of hydrogen-bond acceptors (Lipinski definition) is 5. The maximum absolute atomic E-state index is 12.3. The molecule has 1 unspecified atom stereocenters. The first-order chi connectivity index (χ1) is 16.0. The zero-order chi connectivity index (χ0) is 23.4. The van der Waals surface area contributed by atoms with Crippen LogP contribution in [0.15, 0.2) is 54.9 Å². The highest BCUT2D eigenvalue weighted by Gasteiger charge is 2.20. The number of nitrogens with zero attached hydrogens (tertiary/aromatic N) is 4. The molecule has 0 aliphatic rings. The zero-order valence-electron chi connectivity index (χ0n) is 19.7. The summed E-state index contributed by atoms with van der Waals surface area (Å²) in [4.78, 5) is 26.0. The molecule has 0 bridgehead atoms. The van der Waals surface area contributed by atoms with E-state index in [2.05, 4.69) is 53.7 Å². The van der Waals surface area contributed by atoms with E-state index in [1.807, 2.05) is 26.0 Å². The molecule has 1 aromatic carbocycles. The van der Waals surface area contributed by atoms with E-state index >= 15 is 0 Å². The van der Waals surface area contributed by atoms with Gasteiger partial charge in [0.25, 0.3) is 0 Å². The van der Waals surface area contributed by atoms with Crippen LogP contribution in [0.3, 0.4) is 0 Å². The monoisotopic (exact) mass is 442 g/mol. The van der Waals surface area contributed by atoms with Gasteiger partial charge >= 0.3 is 5.97 Å². The Bertz CT molecular complexity index is 1250. The first-order valence-electron chi connectivity index (χ1n) is 11.5. The van der Waals surface area contributed by atoms with Gasteiger partial charge in [-0.25, -0.2) is 9.97 Å². The quantitative estimate of drug-likeness (QED) is 0.354. The Kier molecular flexibility index (Phi) is 6.82. The molecule has 4 rings (SSSR count). The topological polar surface area (TPSA) is 69.9 Å². The Hall–Kier alpha value is -3.54. The highest BCUT2D eigenvalue weighted by molar-refractivity contribution is 5.76. The van der Waals surface area contributed by atoms with E-state index in [1.165, 1.54) is 5.56 Å². The average molecular weight is 443 g/mol. The molecule has 4 aromatic rings. The number of carbonyl (C=O) groups excluding carboxylic acids is 1. The van der Waals surface area contributed by atoms with Crippen molar-refractivity contribution in [2.24, 2.45) is 0 Å². The summed E-state index contributed by atoms with van der Waals surface area (Å²) in [5, 5.41) is 0. The van der Waals surface area contributed by atoms with Crippen LogP contribution in [0.1, 0.15) is 60.0 Å². The minimum Gasteiger partial charge on any atom is -0.466 e. The number of pyridine rings is 2. The van der Waals surface area contributed by atoms with E-state index < -0.39 is 0 Å². The molecule has 1 atom stereocenters. The lowest BCUT2D eigenvalue weighted by Crippen LogP contribution is -2.12. The van der Waals surface area contributed by atoms with Crippen LogP contribution in [0, 0.1) is 13.8 Å². The molecule has 0 amide bonds. The van der Waals surface area contributed by atoms with Crippen molar-refractivity contribution in [1.29, 1.82) is 0 Å². The van der Waals surface area contributed by atoms with Gasteiger partial charge < -0.3 is 9.30 Å². The van der Waals surface area contributed by atoms with E-state index in [1.54, 1.807) is 12.4 Å². The van der Waals surface area contributed by atoms with Crippen LogP contribution in [0.4, 0.5) is 0 Å². The van der Waals surface area contributed by atoms with Crippen molar-refractivity contribution in [3.05, 3.63) is 88.6 Å². The summed E-state index contributed by atoms with van der Waals surface area (Å²) in [5.41, 5.74) is 7.35. The standard InChI is InChI=1S/C27H30N4O2/c1-5-24-30-26-18(3)15-19(4)29-27(26)31(24)17-20-7-9-21(10-8-20)23(16-25(32)33-6-2)22-11-13-28-14-12-22/h7-15,23H,5-6,16-17H2,1-4H3. The Balaban J connectivity index is 1.64. The summed E-state index contributed by atoms with van der Waals surface area (Å²) < 4.78 is 7.43. The van der Waals surface area contributed by atoms with Gasteiger partial charge in [0, 0.05) is 30.4 Å². The molecular formula is C27H30N4O2. The number of ether oxygens (including phenoxy) is 1. The summed E-state index contributed by atoms with van der Waals surface area (Å²) >= 11 is 0. The normalized spacial score (nSPS) is 12.1. The molecular weight excluding hydrogens is 412 g/mol. The lowest BCUT2D eigenvalue weighted by Gasteiger charge is -2.18. The molecule has 0 radical (unpaired) electrons. The summed E-state index contributed by atoms with van der Waals surface area (Å²) in [6.07, 6.45) is 4.66. The van der Waals surface area contributed by atoms with Gasteiger partial charge in [0.1, 0.15) is 11.3 Å². The van der Waals surface area contributed by atoms with Crippen LogP contribution >= 0.6 is 0 Å². The van der Waals surface area contributed by atoms with E-state index in [9.17, 15) is 4.79 Å². The fourth-order valence-electron chi connectivity index (χ4n) is 4.33. The van der Waals surface area contributed by atoms with Crippen molar-refractivity contribution in [3.63, 3.8) is 0 Å². The third-order valence-corrected chi connectivity index (χ3v) is 5.92. The first kappa shape index (κ1) is 22.6. The molecule has 0 fully saturated rings. The van der Waals surface area contributed by atoms with Gasteiger partial charge in [0.15, 0.2) is 5.65 Å². The van der Waals surface area contributed by atoms with Crippen molar-refractivity contribution < 1.29 is 9.53 Å². The van der Waals surface area contributed by atoms with E-state index in [-0.39, 0.29) is 11.9 Å². The van der Waals surface area contributed by atoms with Crippen molar-refractivity contribution in [3.8, 4) is 0 Å². The van der Waals surface area contributed by atoms with Crippen LogP contribution in [-0.2, 0) is 22.5 Å². The van der Waals surface area contributed by atoms with Gasteiger partial charge in [-0.15, -0.1) is 0 Å². The highest BCUT2D eigenvalue weighted by Crippen LogP contribution is 2.29. The number of carbonyl (C=O) groups is 1. The Labute approximate surface area is 194 Å². The number of esters is 1. The molecule has 0 aliphatic heterocycles. The number of hydrogen-bond donors (Lipinski definition) is 0. The maximum Gasteiger partial charge on any atom is 0.306 e. The van der Waals surface area contributed by atoms with Gasteiger partial charge in [0.2, 0.25) is 0 Å². The molecule has 3 heterocycles. The van der Waals surface area contributed by atoms with Crippen LogP contribution in [0.25, 0.3) is 11.2 Å². The molecule has 0 spiro atoms. The first-order valence-corrected chi connectivity index (χ1v) is 11.5. The molecule has 170 valence electrons. The molecule has 0 N–H and O–H groups in total. The summed E-state index contributed by atoms with van der Waals surface area (Å²) in [7, 11) is 0. The predicted molar refractivity (Wildman–Crippen MR) is 129 cm³/mol. The summed E-state index contributed by atoms with van der Waals surface area (Å²) in [6, 6.07) is 14.5. The largest absolute Gasteiger partial charge is 0.466 e. The molecule has 6 nitrogen and oxygen atoms in total. The minimum absolute atomic E-state index is 0.0756. The van der Waals surface area contributed by atoms with Crippen LogP contribution in [0.2, 0.25) is 0 Å². The number of aryl methyl sites for hydroxylation is 3. The fourth-order valence-corrected chi connectivity index (χ4v) is 4.33. The Morgan fingerprint density at radius 2 is 1.70 bits per heavy atom. The average Bonchev–Trinajstić information content (AvgIpc) is 3.16. The van der Waals surface area contributed by atoms with Crippen molar-refractivity contribution in [1.82, 2.24) is 19.5 Å². The summed E-state index contributed by atoms with van der Waals surface area (Å²) in [6.45, 7) is 9.15. The second-order valence-electron chi connectivity index (χ2n) is 8.30. The van der Waals surface area contributed by atoms with Crippen LogP contribution < -0.4 is 0 Å². The van der Waals surface area contributed by atoms with Gasteiger partial charge in [-0.2, -0.15) is 0 Å². The van der Waals surface area contributed by atoms with Gasteiger partial charge in [-0.3, -0.25) is 9.78 Å². The second kappa shape index (κ2) is 9.94. The smallest absolute Gasteiger partial charge is 0.306 e. The highest BCUT2D eigenvalue weighted by atomic mass is 16.5. The van der Waals surface area contributed by atoms with Crippen LogP contribution in [0.5, 0.6) is 0 Å². The predicted octanol–water partition coefficient (Wildman–Crippen LogP) is 5.14. The van der Waals surface area contributed by atoms with Crippen molar-refractivity contribution >= 4 is 17.1 Å². The van der Waals surface area contributed by atoms with E-state index in [0.29, 0.717) is 19.6 Å². The number of imidazole rings is 1. The fraction of sp³-hybridized carbons (Fsp3) is 0.333. The molecule has 0 saturated carbocycles. The van der Waals surface area contributed by atoms with E-state index in [4.69, 9.17) is 14.7 Å². The van der Waals surface area contributed by atoms with Gasteiger partial charge in [0.05, 0.1) is 19.6 Å². The Morgan fingerprint density at radius 3 is 2.36 bits per heavy atom. The SMILES string of the molecule is CCOC(=O)CC(c1ccncc1)c1ccc(Cn2c(CC)nc3c(C)cc(C)nc32)cc1. The molecule has 0 saturated heterocycles. The minimum atomic E-state index is -0.197. The van der Waals surface area contributed by atoms with Gasteiger partial charge in [-0.05, 0) is 61.2 Å². The van der Waals surface area contributed by atoms with Crippen LogP contribution in [-0.4, -0.2) is 32.1 Å². The molecule has 3 aromatic heterocycles.